The van der Waals surface area contributed by atoms with Gasteiger partial charge in [0.25, 0.3) is 0 Å². The number of allylic oxidation sites excluding steroid dienone is 2. The summed E-state index contributed by atoms with van der Waals surface area (Å²) in [4.78, 5) is 12.9. The third-order valence-corrected chi connectivity index (χ3v) is 5.49. The second-order valence-electron chi connectivity index (χ2n) is 5.69. The maximum absolute atomic E-state index is 12.3. The molecule has 4 unspecified atom stereocenters. The minimum atomic E-state index is -3.76. The van der Waals surface area contributed by atoms with E-state index in [1.165, 1.54) is 0 Å². The van der Waals surface area contributed by atoms with E-state index in [9.17, 15) is 19.6 Å². The van der Waals surface area contributed by atoms with Gasteiger partial charge in [-0.2, -0.15) is 0 Å². The molecule has 11 heteroatoms. The molecule has 0 spiro atoms. The first-order valence-corrected chi connectivity index (χ1v) is 9.75. The fourth-order valence-corrected chi connectivity index (χ4v) is 3.83. The lowest BCUT2D eigenvalue weighted by molar-refractivity contribution is -0.115. The van der Waals surface area contributed by atoms with Crippen molar-refractivity contribution in [2.24, 2.45) is 5.73 Å². The van der Waals surface area contributed by atoms with E-state index in [0.717, 1.165) is 0 Å². The highest BCUT2D eigenvalue weighted by atomic mass is 31.2. The van der Waals surface area contributed by atoms with E-state index in [2.05, 4.69) is 0 Å². The largest absolute Gasteiger partial charge is 0.474 e. The molecule has 2 rings (SSSR count). The molecule has 0 aromatic carbocycles. The van der Waals surface area contributed by atoms with Crippen molar-refractivity contribution in [3.63, 3.8) is 0 Å². The summed E-state index contributed by atoms with van der Waals surface area (Å²) in [6, 6.07) is 0. The molecule has 0 radical (unpaired) electrons. The molecule has 0 bridgehead atoms. The first kappa shape index (κ1) is 21.0. The summed E-state index contributed by atoms with van der Waals surface area (Å²) in [7, 11) is -3.76. The van der Waals surface area contributed by atoms with Crippen molar-refractivity contribution in [3.8, 4) is 0 Å². The number of aliphatic hydroxyl groups is 2. The van der Waals surface area contributed by atoms with Crippen LogP contribution in [0.1, 0.15) is 13.8 Å². The van der Waals surface area contributed by atoms with Crippen LogP contribution in [0.5, 0.6) is 0 Å². The van der Waals surface area contributed by atoms with Crippen molar-refractivity contribution in [3.05, 3.63) is 23.9 Å². The number of amides is 1. The number of ether oxygens (including phenoxy) is 1. The van der Waals surface area contributed by atoms with Crippen LogP contribution in [0.2, 0.25) is 0 Å². The Morgan fingerprint density at radius 2 is 1.96 bits per heavy atom. The molecule has 10 nitrogen and oxygen atoms in total. The summed E-state index contributed by atoms with van der Waals surface area (Å²) >= 11 is 0. The molecule has 4 N–H and O–H groups in total. The van der Waals surface area contributed by atoms with Gasteiger partial charge in [0.1, 0.15) is 18.3 Å². The van der Waals surface area contributed by atoms with Gasteiger partial charge in [0.15, 0.2) is 6.23 Å². The fraction of sp³-hybridized carbons (Fsp3) is 0.667. The van der Waals surface area contributed by atoms with Gasteiger partial charge in [-0.05, 0) is 19.9 Å². The molecule has 2 aliphatic rings. The Bertz CT molecular complexity index is 600. The molecule has 0 aromatic rings. The van der Waals surface area contributed by atoms with Crippen LogP contribution in [-0.4, -0.2) is 71.9 Å². The third kappa shape index (κ3) is 4.92. The molecule has 148 valence electrons. The van der Waals surface area contributed by atoms with E-state index in [1.54, 1.807) is 37.1 Å². The minimum Gasteiger partial charge on any atom is -0.387 e. The maximum Gasteiger partial charge on any atom is 0.474 e. The van der Waals surface area contributed by atoms with Crippen LogP contribution in [0, 0.1) is 0 Å². The summed E-state index contributed by atoms with van der Waals surface area (Å²) in [6.07, 6.45) is 0.345. The molecule has 2 aliphatic heterocycles. The lowest BCUT2D eigenvalue weighted by Gasteiger charge is -2.31. The Morgan fingerprint density at radius 3 is 2.54 bits per heavy atom. The van der Waals surface area contributed by atoms with Crippen LogP contribution in [-0.2, 0) is 27.7 Å². The second kappa shape index (κ2) is 9.09. The highest BCUT2D eigenvalue weighted by Gasteiger charge is 2.46. The first-order valence-electron chi connectivity index (χ1n) is 8.29. The first-order chi connectivity index (χ1) is 12.3. The number of aliphatic hydroxyl groups excluding tert-OH is 2. The molecule has 0 saturated carbocycles. The predicted octanol–water partition coefficient (Wildman–Crippen LogP) is -0.128. The lowest BCUT2D eigenvalue weighted by atomic mass is 10.1. The molecular formula is C15H25N2O8P. The number of rotatable bonds is 9. The van der Waals surface area contributed by atoms with Crippen LogP contribution in [0.25, 0.3) is 0 Å². The topological polar surface area (TPSA) is 141 Å². The van der Waals surface area contributed by atoms with Gasteiger partial charge in [-0.25, -0.2) is 4.57 Å². The lowest BCUT2D eigenvalue weighted by Crippen LogP contribution is -2.43. The van der Waals surface area contributed by atoms with Crippen molar-refractivity contribution in [2.75, 3.05) is 26.4 Å². The van der Waals surface area contributed by atoms with Crippen LogP contribution < -0.4 is 5.73 Å². The van der Waals surface area contributed by atoms with Gasteiger partial charge in [0.05, 0.1) is 26.4 Å². The number of carbonyl (C=O) groups excluding carboxylic acids is 1. The van der Waals surface area contributed by atoms with Crippen LogP contribution >= 0.6 is 7.82 Å². The standard InChI is InChI=1S/C15H25N2O8P/c1-3-22-26(21,23-4-2)24-9-11-12(18)13(19)15(25-11)17-7-5-6-10(8-17)14(16)20/h5-7,11-13,15,18-19H,3-4,8-9H2,1-2H3,(H2,16,20). The predicted molar refractivity (Wildman–Crippen MR) is 90.6 cm³/mol. The van der Waals surface area contributed by atoms with E-state index < -0.39 is 38.3 Å². The zero-order valence-corrected chi connectivity index (χ0v) is 15.6. The number of carbonyl (C=O) groups is 1. The summed E-state index contributed by atoms with van der Waals surface area (Å²) in [5.74, 6) is -0.582. The van der Waals surface area contributed by atoms with E-state index in [-0.39, 0.29) is 26.4 Å². The van der Waals surface area contributed by atoms with Crippen LogP contribution in [0.3, 0.4) is 0 Å². The van der Waals surface area contributed by atoms with Crippen molar-refractivity contribution >= 4 is 13.7 Å². The highest BCUT2D eigenvalue weighted by Crippen LogP contribution is 2.49. The van der Waals surface area contributed by atoms with Gasteiger partial charge in [0.2, 0.25) is 5.91 Å². The second-order valence-corrected chi connectivity index (χ2v) is 7.36. The molecule has 26 heavy (non-hydrogen) atoms. The van der Waals surface area contributed by atoms with Crippen LogP contribution in [0.4, 0.5) is 0 Å². The summed E-state index contributed by atoms with van der Waals surface area (Å²) < 4.78 is 33.2. The number of phosphoric ester groups is 1. The molecule has 0 aromatic heterocycles. The number of hydrogen-bond donors (Lipinski definition) is 3. The van der Waals surface area contributed by atoms with Crippen molar-refractivity contribution < 1.29 is 37.9 Å². The van der Waals surface area contributed by atoms with E-state index in [4.69, 9.17) is 24.0 Å². The van der Waals surface area contributed by atoms with E-state index in [0.29, 0.717) is 5.57 Å². The minimum absolute atomic E-state index is 0.122. The van der Waals surface area contributed by atoms with Gasteiger partial charge < -0.3 is 25.6 Å². The molecule has 2 heterocycles. The molecule has 1 saturated heterocycles. The molecule has 1 fully saturated rings. The Hall–Kier alpha value is -1.26. The zero-order chi connectivity index (χ0) is 19.3. The Labute approximate surface area is 151 Å². The Balaban J connectivity index is 1.99. The number of primary amides is 1. The Morgan fingerprint density at radius 1 is 1.31 bits per heavy atom. The molecule has 1 amide bonds. The number of nitrogens with zero attached hydrogens (tertiary/aromatic N) is 1. The normalized spacial score (nSPS) is 29.1. The van der Waals surface area contributed by atoms with Crippen molar-refractivity contribution in [1.29, 1.82) is 0 Å². The van der Waals surface area contributed by atoms with Crippen molar-refractivity contribution in [1.82, 2.24) is 4.90 Å². The average molecular weight is 392 g/mol. The number of phosphoric acid groups is 1. The monoisotopic (exact) mass is 392 g/mol. The Kier molecular flexibility index (Phi) is 7.36. The summed E-state index contributed by atoms with van der Waals surface area (Å²) in [5.41, 5.74) is 5.61. The molecule has 0 aliphatic carbocycles. The average Bonchev–Trinajstić information content (AvgIpc) is 2.89. The number of nitrogens with two attached hydrogens (primary N) is 1. The van der Waals surface area contributed by atoms with Gasteiger partial charge in [-0.3, -0.25) is 18.4 Å². The third-order valence-electron chi connectivity index (χ3n) is 3.88. The van der Waals surface area contributed by atoms with E-state index >= 15 is 0 Å². The quantitative estimate of drug-likeness (QED) is 0.458. The molecular weight excluding hydrogens is 367 g/mol. The van der Waals surface area contributed by atoms with Gasteiger partial charge in [-0.1, -0.05) is 6.08 Å². The van der Waals surface area contributed by atoms with Crippen molar-refractivity contribution in [2.45, 2.75) is 38.4 Å². The zero-order valence-electron chi connectivity index (χ0n) is 14.7. The fourth-order valence-electron chi connectivity index (χ4n) is 2.64. The number of hydrogen-bond acceptors (Lipinski definition) is 9. The smallest absolute Gasteiger partial charge is 0.387 e. The summed E-state index contributed by atoms with van der Waals surface area (Å²) in [5, 5.41) is 20.5. The highest BCUT2D eigenvalue weighted by molar-refractivity contribution is 7.48. The van der Waals surface area contributed by atoms with Gasteiger partial charge in [0, 0.05) is 11.8 Å². The van der Waals surface area contributed by atoms with Gasteiger partial charge in [-0.15, -0.1) is 0 Å². The molecule has 4 atom stereocenters. The maximum atomic E-state index is 12.3. The van der Waals surface area contributed by atoms with Gasteiger partial charge >= 0.3 is 7.82 Å². The SMILES string of the molecule is CCOP(=O)(OCC)OCC1OC(N2C=CC=C(C(N)=O)C2)C(O)C1O. The van der Waals surface area contributed by atoms with E-state index in [1.807, 2.05) is 0 Å². The summed E-state index contributed by atoms with van der Waals surface area (Å²) in [6.45, 7) is 3.35. The van der Waals surface area contributed by atoms with Crippen LogP contribution in [0.15, 0.2) is 23.9 Å².